The summed E-state index contributed by atoms with van der Waals surface area (Å²) in [5.74, 6) is 0. The zero-order valence-electron chi connectivity index (χ0n) is 6.32. The Labute approximate surface area is 62.2 Å². The summed E-state index contributed by atoms with van der Waals surface area (Å²) < 4.78 is 0. The van der Waals surface area contributed by atoms with Crippen LogP contribution in [-0.4, -0.2) is 23.8 Å². The fraction of sp³-hybridized carbons (Fsp3) is 1.00. The molecule has 0 fully saturated rings. The first-order chi connectivity index (χ1) is 4.15. The van der Waals surface area contributed by atoms with Gasteiger partial charge in [0.15, 0.2) is 0 Å². The zero-order valence-corrected chi connectivity index (χ0v) is 7.07. The van der Waals surface area contributed by atoms with E-state index in [0.29, 0.717) is 0 Å². The fourth-order valence-electron chi connectivity index (χ4n) is 0.250. The smallest absolute Gasteiger partial charge is 0.125 e. The van der Waals surface area contributed by atoms with Crippen LogP contribution in [0, 0.1) is 0 Å². The second-order valence-corrected chi connectivity index (χ2v) is 2.16. The van der Waals surface area contributed by atoms with Gasteiger partial charge in [-0.3, -0.25) is 0 Å². The van der Waals surface area contributed by atoms with Crippen LogP contribution in [-0.2, 0) is 0 Å². The van der Waals surface area contributed by atoms with Crippen molar-refractivity contribution in [3.05, 3.63) is 0 Å². The Bertz CT molecular complexity index is 37.3. The van der Waals surface area contributed by atoms with E-state index in [0.717, 1.165) is 13.1 Å². The molecule has 0 aromatic carbocycles. The van der Waals surface area contributed by atoms with Crippen LogP contribution >= 0.6 is 11.6 Å². The van der Waals surface area contributed by atoms with Gasteiger partial charge in [0.2, 0.25) is 0 Å². The molecule has 9 heavy (non-hydrogen) atoms. The number of hydrogen-bond donors (Lipinski definition) is 2. The largest absolute Gasteiger partial charge is 0.378 e. The molecule has 2 nitrogen and oxygen atoms in total. The summed E-state index contributed by atoms with van der Waals surface area (Å²) in [5, 5.41) is 10.9. The Morgan fingerprint density at radius 3 is 1.67 bits per heavy atom. The maximum Gasteiger partial charge on any atom is 0.125 e. The molecule has 0 saturated carbocycles. The molecule has 0 spiro atoms. The molecule has 0 heterocycles. The number of halogens is 1. The van der Waals surface area contributed by atoms with Crippen molar-refractivity contribution in [1.29, 1.82) is 0 Å². The van der Waals surface area contributed by atoms with Gasteiger partial charge in [-0.05, 0) is 20.0 Å². The van der Waals surface area contributed by atoms with Crippen LogP contribution in [0.4, 0.5) is 0 Å². The van der Waals surface area contributed by atoms with Crippen molar-refractivity contribution in [2.45, 2.75) is 26.3 Å². The summed E-state index contributed by atoms with van der Waals surface area (Å²) in [6, 6.07) is 0. The first-order valence-electron chi connectivity index (χ1n) is 3.18. The second kappa shape index (κ2) is 11.1. The molecule has 1 atom stereocenters. The van der Waals surface area contributed by atoms with Gasteiger partial charge in [0.1, 0.15) is 5.56 Å². The molecule has 0 aliphatic carbocycles. The van der Waals surface area contributed by atoms with Gasteiger partial charge in [-0.2, -0.15) is 0 Å². The van der Waals surface area contributed by atoms with Crippen molar-refractivity contribution in [3.8, 4) is 0 Å². The molecule has 0 aromatic rings. The number of aliphatic hydroxyl groups excluding tert-OH is 1. The molecule has 2 N–H and O–H groups in total. The third kappa shape index (κ3) is 64.8. The van der Waals surface area contributed by atoms with Crippen LogP contribution in [0.3, 0.4) is 0 Å². The summed E-state index contributed by atoms with van der Waals surface area (Å²) in [4.78, 5) is 0. The maximum absolute atomic E-state index is 7.82. The molecule has 0 rings (SSSR count). The van der Waals surface area contributed by atoms with Crippen molar-refractivity contribution in [1.82, 2.24) is 5.32 Å². The average molecular weight is 154 g/mol. The predicted octanol–water partition coefficient (Wildman–Crippen LogP) is 1.18. The lowest BCUT2D eigenvalue weighted by Crippen LogP contribution is -2.09. The van der Waals surface area contributed by atoms with Gasteiger partial charge < -0.3 is 10.4 Å². The number of rotatable bonds is 2. The highest BCUT2D eigenvalue weighted by Gasteiger charge is 1.72. The van der Waals surface area contributed by atoms with Crippen LogP contribution in [0.2, 0.25) is 0 Å². The molecular formula is C6H16ClNO. The minimum atomic E-state index is -0.694. The van der Waals surface area contributed by atoms with E-state index >= 15 is 0 Å². The van der Waals surface area contributed by atoms with E-state index in [4.69, 9.17) is 16.7 Å². The summed E-state index contributed by atoms with van der Waals surface area (Å²) in [6.45, 7) is 7.88. The van der Waals surface area contributed by atoms with Gasteiger partial charge in [-0.25, -0.2) is 0 Å². The zero-order chi connectivity index (χ0) is 7.70. The summed E-state index contributed by atoms with van der Waals surface area (Å²) in [5.41, 5.74) is -0.694. The molecule has 3 heteroatoms. The van der Waals surface area contributed by atoms with Gasteiger partial charge in [-0.15, -0.1) is 0 Å². The van der Waals surface area contributed by atoms with E-state index in [9.17, 15) is 0 Å². The molecule has 1 unspecified atom stereocenters. The van der Waals surface area contributed by atoms with Gasteiger partial charge >= 0.3 is 0 Å². The summed E-state index contributed by atoms with van der Waals surface area (Å²) in [6.07, 6.45) is 0. The second-order valence-electron chi connectivity index (χ2n) is 1.53. The van der Waals surface area contributed by atoms with Crippen LogP contribution in [0.15, 0.2) is 0 Å². The highest BCUT2D eigenvalue weighted by molar-refractivity contribution is 6.19. The SMILES string of the molecule is CC(O)Cl.CCNCC. The normalized spacial score (nSPS) is 11.7. The molecule has 0 bridgehead atoms. The van der Waals surface area contributed by atoms with Crippen molar-refractivity contribution in [2.24, 2.45) is 0 Å². The fourth-order valence-corrected chi connectivity index (χ4v) is 0.250. The molecule has 0 aliphatic heterocycles. The van der Waals surface area contributed by atoms with Crippen LogP contribution < -0.4 is 5.32 Å². The minimum Gasteiger partial charge on any atom is -0.378 e. The van der Waals surface area contributed by atoms with Crippen LogP contribution in [0.25, 0.3) is 0 Å². The van der Waals surface area contributed by atoms with E-state index in [1.165, 1.54) is 6.92 Å². The third-order valence-electron chi connectivity index (χ3n) is 0.500. The van der Waals surface area contributed by atoms with E-state index in [1.807, 2.05) is 0 Å². The van der Waals surface area contributed by atoms with Crippen LogP contribution in [0.1, 0.15) is 20.8 Å². The van der Waals surface area contributed by atoms with E-state index < -0.39 is 5.56 Å². The Kier molecular flexibility index (Phi) is 14.7. The molecule has 0 amide bonds. The quantitative estimate of drug-likeness (QED) is 0.584. The number of alkyl halides is 1. The lowest BCUT2D eigenvalue weighted by Gasteiger charge is -1.86. The van der Waals surface area contributed by atoms with Crippen molar-refractivity contribution >= 4 is 11.6 Å². The van der Waals surface area contributed by atoms with Gasteiger partial charge in [0.25, 0.3) is 0 Å². The van der Waals surface area contributed by atoms with Gasteiger partial charge in [-0.1, -0.05) is 25.4 Å². The first-order valence-corrected chi connectivity index (χ1v) is 3.61. The maximum atomic E-state index is 7.82. The number of nitrogens with one attached hydrogen (secondary N) is 1. The standard InChI is InChI=1S/C4H11N.C2H5ClO/c1-3-5-4-2;1-2(3)4/h5H,3-4H2,1-2H3;2,4H,1H3. The molecule has 0 saturated heterocycles. The predicted molar refractivity (Wildman–Crippen MR) is 41.8 cm³/mol. The molecule has 58 valence electrons. The Morgan fingerprint density at radius 1 is 1.44 bits per heavy atom. The number of aliphatic hydroxyl groups is 1. The van der Waals surface area contributed by atoms with Gasteiger partial charge in [0, 0.05) is 0 Å². The third-order valence-corrected chi connectivity index (χ3v) is 0.500. The Morgan fingerprint density at radius 2 is 1.67 bits per heavy atom. The number of hydrogen-bond acceptors (Lipinski definition) is 2. The molecule has 0 aromatic heterocycles. The minimum absolute atomic E-state index is 0.694. The van der Waals surface area contributed by atoms with Crippen LogP contribution in [0.5, 0.6) is 0 Å². The lowest BCUT2D eigenvalue weighted by molar-refractivity contribution is 0.277. The van der Waals surface area contributed by atoms with Crippen molar-refractivity contribution in [3.63, 3.8) is 0 Å². The molecule has 0 aliphatic rings. The molecule has 0 radical (unpaired) electrons. The monoisotopic (exact) mass is 153 g/mol. The van der Waals surface area contributed by atoms with Gasteiger partial charge in [0.05, 0.1) is 0 Å². The highest BCUT2D eigenvalue weighted by atomic mass is 35.5. The van der Waals surface area contributed by atoms with Crippen molar-refractivity contribution in [2.75, 3.05) is 13.1 Å². The topological polar surface area (TPSA) is 32.3 Å². The Balaban J connectivity index is 0. The van der Waals surface area contributed by atoms with E-state index in [2.05, 4.69) is 19.2 Å². The Hall–Kier alpha value is 0.210. The molecular weight excluding hydrogens is 138 g/mol. The first kappa shape index (κ1) is 11.9. The summed E-state index contributed by atoms with van der Waals surface area (Å²) >= 11 is 4.83. The van der Waals surface area contributed by atoms with E-state index in [-0.39, 0.29) is 0 Å². The summed E-state index contributed by atoms with van der Waals surface area (Å²) in [7, 11) is 0. The van der Waals surface area contributed by atoms with E-state index in [1.54, 1.807) is 0 Å². The lowest BCUT2D eigenvalue weighted by atomic mass is 10.7. The highest BCUT2D eigenvalue weighted by Crippen LogP contribution is 1.79. The average Bonchev–Trinajstić information content (AvgIpc) is 1.66. The van der Waals surface area contributed by atoms with Crippen molar-refractivity contribution < 1.29 is 5.11 Å².